The van der Waals surface area contributed by atoms with E-state index in [0.717, 1.165) is 29.1 Å². The lowest BCUT2D eigenvalue weighted by Gasteiger charge is -2.23. The maximum absolute atomic E-state index is 5.97. The summed E-state index contributed by atoms with van der Waals surface area (Å²) in [6.07, 6.45) is 1.24. The fourth-order valence-corrected chi connectivity index (χ4v) is 2.61. The van der Waals surface area contributed by atoms with Gasteiger partial charge in [-0.15, -0.1) is 0 Å². The van der Waals surface area contributed by atoms with Crippen LogP contribution >= 0.6 is 27.5 Å². The first-order valence-electron chi connectivity index (χ1n) is 5.51. The zero-order chi connectivity index (χ0) is 11.5. The van der Waals surface area contributed by atoms with Gasteiger partial charge in [0, 0.05) is 23.6 Å². The fourth-order valence-electron chi connectivity index (χ4n) is 2.07. The van der Waals surface area contributed by atoms with Crippen LogP contribution in [0.1, 0.15) is 12.0 Å². The van der Waals surface area contributed by atoms with Gasteiger partial charge in [-0.1, -0.05) is 17.7 Å². The molecule has 16 heavy (non-hydrogen) atoms. The minimum atomic E-state index is 0.662. The lowest BCUT2D eigenvalue weighted by molar-refractivity contribution is 0.249. The molecule has 1 unspecified atom stereocenters. The third kappa shape index (κ3) is 2.98. The Hall–Kier alpha value is -0.0900. The summed E-state index contributed by atoms with van der Waals surface area (Å²) in [5.41, 5.74) is 1.30. The van der Waals surface area contributed by atoms with Crippen molar-refractivity contribution in [2.24, 2.45) is 0 Å². The molecule has 1 aromatic carbocycles. The normalized spacial score (nSPS) is 20.6. The summed E-state index contributed by atoms with van der Waals surface area (Å²) in [4.78, 5) is 2.40. The number of hydrogen-bond donors (Lipinski definition) is 1. The summed E-state index contributed by atoms with van der Waals surface area (Å²) in [5.74, 6) is 0. The van der Waals surface area contributed by atoms with Crippen molar-refractivity contribution < 1.29 is 0 Å². The number of likely N-dealkylation sites (N-methyl/N-ethyl adjacent to an activating group) is 1. The summed E-state index contributed by atoms with van der Waals surface area (Å²) in [7, 11) is 2.18. The molecule has 88 valence electrons. The molecule has 1 heterocycles. The first kappa shape index (κ1) is 12.4. The Bertz CT molecular complexity index is 364. The Labute approximate surface area is 110 Å². The molecule has 2 rings (SSSR count). The van der Waals surface area contributed by atoms with Crippen LogP contribution in [0, 0.1) is 0 Å². The van der Waals surface area contributed by atoms with Gasteiger partial charge in [0.25, 0.3) is 0 Å². The minimum Gasteiger partial charge on any atom is -0.315 e. The van der Waals surface area contributed by atoms with Crippen LogP contribution in [0.25, 0.3) is 0 Å². The van der Waals surface area contributed by atoms with Gasteiger partial charge in [0.05, 0.1) is 5.02 Å². The third-order valence-corrected chi connectivity index (χ3v) is 4.29. The predicted molar refractivity (Wildman–Crippen MR) is 71.9 cm³/mol. The highest BCUT2D eigenvalue weighted by atomic mass is 79.9. The van der Waals surface area contributed by atoms with Crippen LogP contribution in [0.4, 0.5) is 0 Å². The molecule has 1 N–H and O–H groups in total. The van der Waals surface area contributed by atoms with E-state index in [1.807, 2.05) is 6.07 Å². The molecule has 1 aromatic rings. The average molecular weight is 304 g/mol. The molecule has 0 aromatic heterocycles. The van der Waals surface area contributed by atoms with E-state index in [9.17, 15) is 0 Å². The maximum atomic E-state index is 5.97. The number of halogens is 2. The van der Waals surface area contributed by atoms with Crippen LogP contribution in [0.15, 0.2) is 22.7 Å². The average Bonchev–Trinajstić information content (AvgIpc) is 2.77. The minimum absolute atomic E-state index is 0.662. The Morgan fingerprint density at radius 3 is 3.00 bits per heavy atom. The molecule has 0 saturated carbocycles. The number of hydrogen-bond acceptors (Lipinski definition) is 2. The second-order valence-electron chi connectivity index (χ2n) is 4.31. The van der Waals surface area contributed by atoms with Gasteiger partial charge >= 0.3 is 0 Å². The van der Waals surface area contributed by atoms with Gasteiger partial charge in [-0.2, -0.15) is 0 Å². The third-order valence-electron chi connectivity index (χ3n) is 3.07. The van der Waals surface area contributed by atoms with E-state index in [-0.39, 0.29) is 0 Å². The predicted octanol–water partition coefficient (Wildman–Crippen LogP) is 2.90. The zero-order valence-corrected chi connectivity index (χ0v) is 11.7. The Morgan fingerprint density at radius 1 is 1.56 bits per heavy atom. The SMILES string of the molecule is CN(Cc1ccc(Cl)c(Br)c1)C1CCNC1. The lowest BCUT2D eigenvalue weighted by Crippen LogP contribution is -2.32. The fraction of sp³-hybridized carbons (Fsp3) is 0.500. The molecule has 1 atom stereocenters. The van der Waals surface area contributed by atoms with Crippen molar-refractivity contribution in [2.45, 2.75) is 19.0 Å². The van der Waals surface area contributed by atoms with Crippen LogP contribution in [0.5, 0.6) is 0 Å². The van der Waals surface area contributed by atoms with Gasteiger partial charge < -0.3 is 5.32 Å². The highest BCUT2D eigenvalue weighted by molar-refractivity contribution is 9.10. The summed E-state index contributed by atoms with van der Waals surface area (Å²) >= 11 is 9.43. The van der Waals surface area contributed by atoms with Gasteiger partial charge in [-0.25, -0.2) is 0 Å². The summed E-state index contributed by atoms with van der Waals surface area (Å²) in [5, 5.41) is 4.16. The van der Waals surface area contributed by atoms with E-state index >= 15 is 0 Å². The quantitative estimate of drug-likeness (QED) is 0.924. The Morgan fingerprint density at radius 2 is 2.38 bits per heavy atom. The van der Waals surface area contributed by atoms with E-state index < -0.39 is 0 Å². The molecule has 1 saturated heterocycles. The smallest absolute Gasteiger partial charge is 0.0548 e. The van der Waals surface area contributed by atoms with Crippen molar-refractivity contribution in [1.29, 1.82) is 0 Å². The topological polar surface area (TPSA) is 15.3 Å². The molecule has 0 bridgehead atoms. The summed E-state index contributed by atoms with van der Waals surface area (Å²) in [6, 6.07) is 6.80. The van der Waals surface area contributed by atoms with Gasteiger partial charge in [-0.3, -0.25) is 4.90 Å². The Balaban J connectivity index is 1.99. The molecule has 0 spiro atoms. The number of nitrogens with one attached hydrogen (secondary N) is 1. The molecule has 0 aliphatic carbocycles. The molecular formula is C12H16BrClN2. The van der Waals surface area contributed by atoms with Crippen molar-refractivity contribution in [3.8, 4) is 0 Å². The molecular weight excluding hydrogens is 288 g/mol. The maximum Gasteiger partial charge on any atom is 0.0548 e. The largest absolute Gasteiger partial charge is 0.315 e. The number of nitrogens with zero attached hydrogens (tertiary/aromatic N) is 1. The van der Waals surface area contributed by atoms with Crippen LogP contribution in [0.3, 0.4) is 0 Å². The number of benzene rings is 1. The molecule has 2 nitrogen and oxygen atoms in total. The van der Waals surface area contributed by atoms with E-state index in [1.54, 1.807) is 0 Å². The Kier molecular flexibility index (Phi) is 4.25. The van der Waals surface area contributed by atoms with Gasteiger partial charge in [0.15, 0.2) is 0 Å². The van der Waals surface area contributed by atoms with Gasteiger partial charge in [0.2, 0.25) is 0 Å². The zero-order valence-electron chi connectivity index (χ0n) is 9.34. The van der Waals surface area contributed by atoms with Crippen molar-refractivity contribution in [3.63, 3.8) is 0 Å². The number of rotatable bonds is 3. The van der Waals surface area contributed by atoms with E-state index in [2.05, 4.69) is 45.3 Å². The molecule has 1 fully saturated rings. The van der Waals surface area contributed by atoms with E-state index in [1.165, 1.54) is 12.0 Å². The molecule has 1 aliphatic heterocycles. The van der Waals surface area contributed by atoms with E-state index in [4.69, 9.17) is 11.6 Å². The first-order valence-corrected chi connectivity index (χ1v) is 6.69. The second kappa shape index (κ2) is 5.50. The van der Waals surface area contributed by atoms with Crippen molar-refractivity contribution in [1.82, 2.24) is 10.2 Å². The standard InChI is InChI=1S/C12H16BrClN2/c1-16(10-4-5-15-7-10)8-9-2-3-12(14)11(13)6-9/h2-3,6,10,15H,4-5,7-8H2,1H3. The molecule has 0 radical (unpaired) electrons. The van der Waals surface area contributed by atoms with Crippen molar-refractivity contribution >= 4 is 27.5 Å². The van der Waals surface area contributed by atoms with Crippen molar-refractivity contribution in [2.75, 3.05) is 20.1 Å². The van der Waals surface area contributed by atoms with Crippen molar-refractivity contribution in [3.05, 3.63) is 33.3 Å². The first-order chi connectivity index (χ1) is 7.66. The highest BCUT2D eigenvalue weighted by Gasteiger charge is 2.18. The van der Waals surface area contributed by atoms with Gasteiger partial charge in [0.1, 0.15) is 0 Å². The van der Waals surface area contributed by atoms with Crippen LogP contribution in [0.2, 0.25) is 5.02 Å². The second-order valence-corrected chi connectivity index (χ2v) is 5.57. The van der Waals surface area contributed by atoms with E-state index in [0.29, 0.717) is 6.04 Å². The lowest BCUT2D eigenvalue weighted by atomic mass is 10.1. The monoisotopic (exact) mass is 302 g/mol. The van der Waals surface area contributed by atoms with Gasteiger partial charge in [-0.05, 0) is 53.6 Å². The molecule has 4 heteroatoms. The summed E-state index contributed by atoms with van der Waals surface area (Å²) in [6.45, 7) is 3.21. The molecule has 0 amide bonds. The highest BCUT2D eigenvalue weighted by Crippen LogP contribution is 2.24. The van der Waals surface area contributed by atoms with Crippen LogP contribution in [-0.2, 0) is 6.54 Å². The van der Waals surface area contributed by atoms with Crippen LogP contribution < -0.4 is 5.32 Å². The summed E-state index contributed by atoms with van der Waals surface area (Å²) < 4.78 is 0.976. The van der Waals surface area contributed by atoms with Crippen LogP contribution in [-0.4, -0.2) is 31.1 Å². The molecule has 1 aliphatic rings.